The minimum Gasteiger partial charge on any atom is -0.481 e. The van der Waals surface area contributed by atoms with Gasteiger partial charge in [0.1, 0.15) is 0 Å². The summed E-state index contributed by atoms with van der Waals surface area (Å²) in [4.78, 5) is 23.7. The Hall–Kier alpha value is -2.36. The quantitative estimate of drug-likeness (QED) is 0.885. The summed E-state index contributed by atoms with van der Waals surface area (Å²) in [5.74, 6) is -1.05. The molecular weight excluding hydrogens is 302 g/mol. The standard InChI is InChI=1S/C20H23NO3/c22-19(21-13-16-7-2-4-11-18(16)20(23)24)12-15-9-5-8-14-6-1-3-10-17(14)15/h1,3,5-6,8-10,16,18H,2,4,7,11-13H2,(H,21,22)(H,23,24)/t16-,18-/m0/s1. The molecule has 1 saturated carbocycles. The minimum atomic E-state index is -0.733. The van der Waals surface area contributed by atoms with Gasteiger partial charge in [-0.25, -0.2) is 0 Å². The van der Waals surface area contributed by atoms with Gasteiger partial charge in [-0.15, -0.1) is 0 Å². The van der Waals surface area contributed by atoms with Crippen molar-refractivity contribution in [2.45, 2.75) is 32.1 Å². The SMILES string of the molecule is O=C(Cc1cccc2ccccc12)NC[C@@H]1CCCC[C@@H]1C(=O)O. The molecular formula is C20H23NO3. The lowest BCUT2D eigenvalue weighted by Crippen LogP contribution is -2.37. The van der Waals surface area contributed by atoms with Crippen LogP contribution in [0.2, 0.25) is 0 Å². The molecule has 2 atom stereocenters. The van der Waals surface area contributed by atoms with Crippen LogP contribution < -0.4 is 5.32 Å². The van der Waals surface area contributed by atoms with E-state index in [2.05, 4.69) is 5.32 Å². The van der Waals surface area contributed by atoms with Gasteiger partial charge in [0, 0.05) is 6.54 Å². The summed E-state index contributed by atoms with van der Waals surface area (Å²) in [6.07, 6.45) is 3.95. The third-order valence-electron chi connectivity index (χ3n) is 5.02. The maximum absolute atomic E-state index is 12.3. The normalized spacial score (nSPS) is 20.7. The van der Waals surface area contributed by atoms with Gasteiger partial charge in [-0.1, -0.05) is 55.3 Å². The third-order valence-corrected chi connectivity index (χ3v) is 5.02. The lowest BCUT2D eigenvalue weighted by atomic mass is 9.79. The number of carboxylic acids is 1. The number of benzene rings is 2. The molecule has 1 fully saturated rings. The molecule has 1 amide bonds. The van der Waals surface area contributed by atoms with E-state index in [4.69, 9.17) is 0 Å². The average molecular weight is 325 g/mol. The van der Waals surface area contributed by atoms with Gasteiger partial charge in [-0.05, 0) is 35.1 Å². The summed E-state index contributed by atoms with van der Waals surface area (Å²) in [7, 11) is 0. The molecule has 2 aromatic rings. The first kappa shape index (κ1) is 16.5. The van der Waals surface area contributed by atoms with Crippen molar-refractivity contribution >= 4 is 22.6 Å². The van der Waals surface area contributed by atoms with Crippen LogP contribution in [0, 0.1) is 11.8 Å². The van der Waals surface area contributed by atoms with E-state index in [1.807, 2.05) is 42.5 Å². The van der Waals surface area contributed by atoms with Crippen LogP contribution in [0.15, 0.2) is 42.5 Å². The van der Waals surface area contributed by atoms with Crippen LogP contribution in [0.25, 0.3) is 10.8 Å². The zero-order valence-corrected chi connectivity index (χ0v) is 13.7. The smallest absolute Gasteiger partial charge is 0.306 e. The molecule has 1 aliphatic carbocycles. The molecule has 0 spiro atoms. The topological polar surface area (TPSA) is 66.4 Å². The number of carbonyl (C=O) groups is 2. The minimum absolute atomic E-state index is 0.0407. The number of hydrogen-bond donors (Lipinski definition) is 2. The van der Waals surface area contributed by atoms with Crippen molar-refractivity contribution < 1.29 is 14.7 Å². The molecule has 0 radical (unpaired) electrons. The molecule has 2 aromatic carbocycles. The van der Waals surface area contributed by atoms with Crippen molar-refractivity contribution in [2.24, 2.45) is 11.8 Å². The van der Waals surface area contributed by atoms with Gasteiger partial charge in [0.05, 0.1) is 12.3 Å². The second-order valence-electron chi connectivity index (χ2n) is 6.61. The maximum atomic E-state index is 12.3. The van der Waals surface area contributed by atoms with Crippen molar-refractivity contribution in [1.82, 2.24) is 5.32 Å². The van der Waals surface area contributed by atoms with Gasteiger partial charge in [-0.3, -0.25) is 9.59 Å². The Bertz CT molecular complexity index is 735. The molecule has 0 heterocycles. The number of carboxylic acid groups (broad SMARTS) is 1. The molecule has 0 aliphatic heterocycles. The fourth-order valence-corrected chi connectivity index (χ4v) is 3.70. The fourth-order valence-electron chi connectivity index (χ4n) is 3.70. The average Bonchev–Trinajstić information content (AvgIpc) is 2.60. The van der Waals surface area contributed by atoms with Gasteiger partial charge in [-0.2, -0.15) is 0 Å². The van der Waals surface area contributed by atoms with E-state index in [9.17, 15) is 14.7 Å². The number of hydrogen-bond acceptors (Lipinski definition) is 2. The first-order valence-electron chi connectivity index (χ1n) is 8.61. The molecule has 0 aromatic heterocycles. The first-order valence-corrected chi connectivity index (χ1v) is 8.61. The van der Waals surface area contributed by atoms with E-state index in [1.165, 1.54) is 0 Å². The van der Waals surface area contributed by atoms with Crippen molar-refractivity contribution in [1.29, 1.82) is 0 Å². The van der Waals surface area contributed by atoms with Gasteiger partial charge < -0.3 is 10.4 Å². The summed E-state index contributed by atoms with van der Waals surface area (Å²) in [5.41, 5.74) is 1.00. The Kier molecular flexibility index (Phi) is 5.14. The highest BCUT2D eigenvalue weighted by atomic mass is 16.4. The maximum Gasteiger partial charge on any atom is 0.306 e. The van der Waals surface area contributed by atoms with Gasteiger partial charge in [0.15, 0.2) is 0 Å². The summed E-state index contributed by atoms with van der Waals surface area (Å²) >= 11 is 0. The predicted octanol–water partition coefficient (Wildman–Crippen LogP) is 3.39. The summed E-state index contributed by atoms with van der Waals surface area (Å²) in [6, 6.07) is 14.0. The molecule has 0 bridgehead atoms. The number of rotatable bonds is 5. The predicted molar refractivity (Wildman–Crippen MR) is 93.7 cm³/mol. The second kappa shape index (κ2) is 7.47. The van der Waals surface area contributed by atoms with Crippen LogP contribution >= 0.6 is 0 Å². The largest absolute Gasteiger partial charge is 0.481 e. The molecule has 2 N–H and O–H groups in total. The monoisotopic (exact) mass is 325 g/mol. The van der Waals surface area contributed by atoms with Crippen LogP contribution in [-0.4, -0.2) is 23.5 Å². The van der Waals surface area contributed by atoms with E-state index in [1.54, 1.807) is 0 Å². The zero-order valence-electron chi connectivity index (χ0n) is 13.7. The van der Waals surface area contributed by atoms with E-state index in [0.717, 1.165) is 42.0 Å². The van der Waals surface area contributed by atoms with Gasteiger partial charge >= 0.3 is 5.97 Å². The van der Waals surface area contributed by atoms with Gasteiger partial charge in [0.25, 0.3) is 0 Å². The highest BCUT2D eigenvalue weighted by Gasteiger charge is 2.30. The van der Waals surface area contributed by atoms with E-state index < -0.39 is 5.97 Å². The lowest BCUT2D eigenvalue weighted by Gasteiger charge is -2.28. The van der Waals surface area contributed by atoms with E-state index >= 15 is 0 Å². The molecule has 0 saturated heterocycles. The molecule has 1 aliphatic rings. The van der Waals surface area contributed by atoms with Crippen LogP contribution in [0.5, 0.6) is 0 Å². The molecule has 126 valence electrons. The highest BCUT2D eigenvalue weighted by molar-refractivity contribution is 5.90. The highest BCUT2D eigenvalue weighted by Crippen LogP contribution is 2.29. The number of amides is 1. The van der Waals surface area contributed by atoms with Crippen LogP contribution in [0.3, 0.4) is 0 Å². The molecule has 24 heavy (non-hydrogen) atoms. The summed E-state index contributed by atoms with van der Waals surface area (Å²) in [6.45, 7) is 0.459. The van der Waals surface area contributed by atoms with Crippen molar-refractivity contribution in [3.05, 3.63) is 48.0 Å². The van der Waals surface area contributed by atoms with Crippen molar-refractivity contribution in [3.8, 4) is 0 Å². The summed E-state index contributed by atoms with van der Waals surface area (Å²) < 4.78 is 0. The Labute approximate surface area is 141 Å². The second-order valence-corrected chi connectivity index (χ2v) is 6.61. The van der Waals surface area contributed by atoms with Crippen LogP contribution in [0.4, 0.5) is 0 Å². The third kappa shape index (κ3) is 3.75. The summed E-state index contributed by atoms with van der Waals surface area (Å²) in [5, 5.41) is 14.5. The number of fused-ring (bicyclic) bond motifs is 1. The number of nitrogens with one attached hydrogen (secondary N) is 1. The van der Waals surface area contributed by atoms with Crippen molar-refractivity contribution in [3.63, 3.8) is 0 Å². The Morgan fingerprint density at radius 2 is 1.79 bits per heavy atom. The first-order chi connectivity index (χ1) is 11.6. The zero-order chi connectivity index (χ0) is 16.9. The molecule has 0 unspecified atom stereocenters. The fraction of sp³-hybridized carbons (Fsp3) is 0.400. The van der Waals surface area contributed by atoms with Crippen LogP contribution in [0.1, 0.15) is 31.2 Å². The van der Waals surface area contributed by atoms with Crippen LogP contribution in [-0.2, 0) is 16.0 Å². The van der Waals surface area contributed by atoms with E-state index in [-0.39, 0.29) is 17.7 Å². The van der Waals surface area contributed by atoms with Gasteiger partial charge in [0.2, 0.25) is 5.91 Å². The lowest BCUT2D eigenvalue weighted by molar-refractivity contribution is -0.145. The molecule has 3 rings (SSSR count). The Morgan fingerprint density at radius 1 is 1.04 bits per heavy atom. The van der Waals surface area contributed by atoms with Crippen molar-refractivity contribution in [2.75, 3.05) is 6.54 Å². The Balaban J connectivity index is 1.62. The Morgan fingerprint density at radius 3 is 2.62 bits per heavy atom. The number of aliphatic carboxylic acids is 1. The van der Waals surface area contributed by atoms with E-state index in [0.29, 0.717) is 13.0 Å². The number of carbonyl (C=O) groups excluding carboxylic acids is 1. The molecule has 4 heteroatoms. The molecule has 4 nitrogen and oxygen atoms in total.